The number of aryl methyl sites for hydroxylation is 2. The van der Waals surface area contributed by atoms with E-state index in [-0.39, 0.29) is 11.4 Å². The largest absolute Gasteiger partial charge is 0.441 e. The Balaban J connectivity index is 1.94. The zero-order valence-corrected chi connectivity index (χ0v) is 12.5. The van der Waals surface area contributed by atoms with Crippen LogP contribution in [0.1, 0.15) is 17.3 Å². The molecule has 8 heteroatoms. The quantitative estimate of drug-likeness (QED) is 0.711. The van der Waals surface area contributed by atoms with E-state index >= 15 is 0 Å². The highest BCUT2D eigenvalue weighted by Crippen LogP contribution is 2.28. The van der Waals surface area contributed by atoms with Gasteiger partial charge in [0.2, 0.25) is 11.7 Å². The fourth-order valence-electron chi connectivity index (χ4n) is 1.96. The average molecular weight is 307 g/mol. The van der Waals surface area contributed by atoms with E-state index < -0.39 is 0 Å². The van der Waals surface area contributed by atoms with Gasteiger partial charge in [0.15, 0.2) is 0 Å². The Morgan fingerprint density at radius 1 is 1.35 bits per heavy atom. The normalized spacial score (nSPS) is 11.3. The fourth-order valence-corrected chi connectivity index (χ4v) is 1.96. The van der Waals surface area contributed by atoms with Gasteiger partial charge in [-0.1, -0.05) is 12.1 Å². The van der Waals surface area contributed by atoms with Crippen molar-refractivity contribution in [1.82, 2.24) is 25.6 Å². The smallest absolute Gasteiger partial charge is 0.228 e. The Bertz CT molecular complexity index is 867. The van der Waals surface area contributed by atoms with Crippen molar-refractivity contribution >= 4 is 11.3 Å². The monoisotopic (exact) mass is 307 g/mol. The summed E-state index contributed by atoms with van der Waals surface area (Å²) in [5.41, 5.74) is 2.65. The van der Waals surface area contributed by atoms with E-state index in [1.54, 1.807) is 0 Å². The highest BCUT2D eigenvalue weighted by atomic mass is 16.4. The molecule has 0 saturated heterocycles. The van der Waals surface area contributed by atoms with Crippen molar-refractivity contribution in [2.45, 2.75) is 13.8 Å². The van der Waals surface area contributed by atoms with E-state index in [2.05, 4.69) is 30.9 Å². The Labute approximate surface area is 131 Å². The molecule has 1 aromatic carbocycles. The van der Waals surface area contributed by atoms with Gasteiger partial charge in [-0.3, -0.25) is 0 Å². The maximum atomic E-state index is 9.19. The highest BCUT2D eigenvalue weighted by molar-refractivity contribution is 5.78. The molecule has 3 rings (SSSR count). The third-order valence-corrected chi connectivity index (χ3v) is 3.26. The molecular weight excluding hydrogens is 294 g/mol. The molecule has 0 bridgehead atoms. The summed E-state index contributed by atoms with van der Waals surface area (Å²) in [7, 11) is 0. The molecule has 0 saturated carbocycles. The third kappa shape index (κ3) is 2.94. The van der Waals surface area contributed by atoms with E-state index in [1.165, 1.54) is 6.20 Å². The number of tetrazole rings is 1. The van der Waals surface area contributed by atoms with Crippen molar-refractivity contribution in [3.8, 4) is 17.5 Å². The van der Waals surface area contributed by atoms with E-state index in [0.717, 1.165) is 22.7 Å². The summed E-state index contributed by atoms with van der Waals surface area (Å²) >= 11 is 0. The van der Waals surface area contributed by atoms with Gasteiger partial charge < -0.3 is 9.73 Å². The first kappa shape index (κ1) is 14.5. The highest BCUT2D eigenvalue weighted by Gasteiger charge is 2.12. The molecule has 23 heavy (non-hydrogen) atoms. The maximum absolute atomic E-state index is 9.19. The number of anilines is 1. The first-order valence-corrected chi connectivity index (χ1v) is 6.83. The van der Waals surface area contributed by atoms with Crippen molar-refractivity contribution in [1.29, 1.82) is 5.26 Å². The minimum Gasteiger partial charge on any atom is -0.441 e. The maximum Gasteiger partial charge on any atom is 0.228 e. The van der Waals surface area contributed by atoms with E-state index in [9.17, 15) is 5.26 Å². The number of H-pyrrole nitrogens is 1. The molecule has 0 atom stereocenters. The van der Waals surface area contributed by atoms with Crippen molar-refractivity contribution in [3.63, 3.8) is 0 Å². The van der Waals surface area contributed by atoms with Crippen molar-refractivity contribution in [3.05, 3.63) is 47.7 Å². The molecule has 0 aliphatic rings. The molecule has 8 nitrogen and oxygen atoms in total. The first-order valence-electron chi connectivity index (χ1n) is 6.83. The van der Waals surface area contributed by atoms with Crippen LogP contribution in [-0.4, -0.2) is 25.6 Å². The van der Waals surface area contributed by atoms with E-state index in [4.69, 9.17) is 4.42 Å². The minimum absolute atomic E-state index is 0.222. The lowest BCUT2D eigenvalue weighted by Crippen LogP contribution is -1.95. The van der Waals surface area contributed by atoms with Gasteiger partial charge in [0.25, 0.3) is 0 Å². The molecule has 2 aromatic heterocycles. The second-order valence-electron chi connectivity index (χ2n) is 4.76. The molecule has 2 heterocycles. The van der Waals surface area contributed by atoms with Gasteiger partial charge in [-0.25, -0.2) is 4.98 Å². The fraction of sp³-hybridized carbons (Fsp3) is 0.133. The summed E-state index contributed by atoms with van der Waals surface area (Å²) in [6.07, 6.45) is 1.52. The second kappa shape index (κ2) is 6.11. The predicted octanol–water partition coefficient (Wildman–Crippen LogP) is 2.45. The molecular formula is C15H13N7O. The summed E-state index contributed by atoms with van der Waals surface area (Å²) in [5.74, 6) is 1.52. The SMILES string of the molecule is Cc1nc(-c2ccccc2NC=C(C#N)c2nn[nH]n2)oc1C. The average Bonchev–Trinajstić information content (AvgIpc) is 3.19. The molecule has 0 aliphatic heterocycles. The van der Waals surface area contributed by atoms with Crippen LogP contribution in [0.15, 0.2) is 34.9 Å². The van der Waals surface area contributed by atoms with Crippen LogP contribution in [0.5, 0.6) is 0 Å². The molecule has 3 aromatic rings. The van der Waals surface area contributed by atoms with Crippen LogP contribution in [0.25, 0.3) is 17.0 Å². The van der Waals surface area contributed by atoms with E-state index in [1.807, 2.05) is 44.2 Å². The van der Waals surface area contributed by atoms with Gasteiger partial charge in [-0.05, 0) is 31.2 Å². The van der Waals surface area contributed by atoms with Crippen LogP contribution in [0.4, 0.5) is 5.69 Å². The number of para-hydroxylation sites is 1. The predicted molar refractivity (Wildman–Crippen MR) is 82.8 cm³/mol. The summed E-state index contributed by atoms with van der Waals surface area (Å²) in [6, 6.07) is 9.55. The number of aromatic amines is 1. The molecule has 2 N–H and O–H groups in total. The van der Waals surface area contributed by atoms with Crippen molar-refractivity contribution in [2.24, 2.45) is 0 Å². The molecule has 114 valence electrons. The van der Waals surface area contributed by atoms with Crippen LogP contribution in [0.3, 0.4) is 0 Å². The second-order valence-corrected chi connectivity index (χ2v) is 4.76. The molecule has 0 fully saturated rings. The Morgan fingerprint density at radius 2 is 2.17 bits per heavy atom. The summed E-state index contributed by atoms with van der Waals surface area (Å²) < 4.78 is 5.67. The van der Waals surface area contributed by atoms with Crippen LogP contribution in [0.2, 0.25) is 0 Å². The number of hydrogen-bond donors (Lipinski definition) is 2. The zero-order chi connectivity index (χ0) is 16.2. The van der Waals surface area contributed by atoms with E-state index in [0.29, 0.717) is 5.89 Å². The third-order valence-electron chi connectivity index (χ3n) is 3.26. The lowest BCUT2D eigenvalue weighted by atomic mass is 10.1. The van der Waals surface area contributed by atoms with Crippen LogP contribution < -0.4 is 5.32 Å². The summed E-state index contributed by atoms with van der Waals surface area (Å²) in [4.78, 5) is 4.41. The standard InChI is InChI=1S/C15H13N7O/c1-9-10(2)23-15(18-9)12-5-3-4-6-13(12)17-8-11(7-16)14-19-21-22-20-14/h3-6,8,17H,1-2H3,(H,19,20,21,22). The Kier molecular flexibility index (Phi) is 3.84. The number of hydrogen-bond acceptors (Lipinski definition) is 7. The molecule has 0 amide bonds. The number of aromatic nitrogens is 5. The number of benzene rings is 1. The van der Waals surface area contributed by atoms with Gasteiger partial charge in [0.05, 0.1) is 16.9 Å². The molecule has 0 unspecified atom stereocenters. The molecule has 0 spiro atoms. The number of oxazole rings is 1. The van der Waals surface area contributed by atoms with Crippen molar-refractivity contribution in [2.75, 3.05) is 5.32 Å². The molecule has 0 aliphatic carbocycles. The Morgan fingerprint density at radius 3 is 2.83 bits per heavy atom. The summed E-state index contributed by atoms with van der Waals surface area (Å²) in [6.45, 7) is 3.76. The van der Waals surface area contributed by atoms with Gasteiger partial charge >= 0.3 is 0 Å². The Hall–Kier alpha value is -3.47. The summed E-state index contributed by atoms with van der Waals surface area (Å²) in [5, 5.41) is 25.6. The van der Waals surface area contributed by atoms with Crippen LogP contribution >= 0.6 is 0 Å². The first-order chi connectivity index (χ1) is 11.2. The zero-order valence-electron chi connectivity index (χ0n) is 12.5. The lowest BCUT2D eigenvalue weighted by Gasteiger charge is -2.06. The topological polar surface area (TPSA) is 116 Å². The number of nitriles is 1. The van der Waals surface area contributed by atoms with Crippen LogP contribution in [0, 0.1) is 25.2 Å². The number of rotatable bonds is 4. The van der Waals surface area contributed by atoms with Gasteiger partial charge in [0, 0.05) is 6.20 Å². The van der Waals surface area contributed by atoms with Gasteiger partial charge in [0.1, 0.15) is 17.4 Å². The van der Waals surface area contributed by atoms with Crippen LogP contribution in [-0.2, 0) is 0 Å². The van der Waals surface area contributed by atoms with Gasteiger partial charge in [-0.2, -0.15) is 10.5 Å². The number of nitrogens with zero attached hydrogens (tertiary/aromatic N) is 5. The lowest BCUT2D eigenvalue weighted by molar-refractivity contribution is 0.541. The number of allylic oxidation sites excluding steroid dienone is 1. The molecule has 0 radical (unpaired) electrons. The minimum atomic E-state index is 0.222. The van der Waals surface area contributed by atoms with Gasteiger partial charge in [-0.15, -0.1) is 10.2 Å². The van der Waals surface area contributed by atoms with Crippen molar-refractivity contribution < 1.29 is 4.42 Å². The number of nitrogens with one attached hydrogen (secondary N) is 2.